The first-order valence-corrected chi connectivity index (χ1v) is 10.3. The van der Waals surface area contributed by atoms with Crippen LogP contribution in [0.2, 0.25) is 0 Å². The molecular weight excluding hydrogens is 432 g/mol. The quantitative estimate of drug-likeness (QED) is 0.402. The summed E-state index contributed by atoms with van der Waals surface area (Å²) in [4.78, 5) is 10.1. The molecule has 8 heteroatoms. The van der Waals surface area contributed by atoms with E-state index < -0.39 is 22.8 Å². The zero-order valence-corrected chi connectivity index (χ0v) is 17.7. The summed E-state index contributed by atoms with van der Waals surface area (Å²) >= 11 is 0.582. The molecule has 0 aliphatic rings. The molecule has 31 heavy (non-hydrogen) atoms. The molecule has 164 valence electrons. The van der Waals surface area contributed by atoms with Crippen molar-refractivity contribution in [3.63, 3.8) is 0 Å². The maximum atomic E-state index is 13.6. The molecule has 0 amide bonds. The molecule has 2 aromatic carbocycles. The number of hydrogen-bond acceptors (Lipinski definition) is 3. The van der Waals surface area contributed by atoms with Crippen molar-refractivity contribution in [2.75, 3.05) is 0 Å². The first-order valence-electron chi connectivity index (χ1n) is 9.45. The second-order valence-electron chi connectivity index (χ2n) is 7.12. The van der Waals surface area contributed by atoms with E-state index in [-0.39, 0.29) is 18.6 Å². The van der Waals surface area contributed by atoms with Gasteiger partial charge in [-0.1, -0.05) is 18.2 Å². The van der Waals surface area contributed by atoms with Crippen molar-refractivity contribution in [1.82, 2.24) is 0 Å². The van der Waals surface area contributed by atoms with Gasteiger partial charge in [-0.25, -0.2) is 4.39 Å². The smallest absolute Gasteiger partial charge is 0.426 e. The fraction of sp³-hybridized carbons (Fsp3) is 0.261. The zero-order valence-electron chi connectivity index (χ0n) is 16.8. The van der Waals surface area contributed by atoms with Crippen LogP contribution in [0.1, 0.15) is 33.6 Å². The lowest BCUT2D eigenvalue weighted by Gasteiger charge is -2.16. The molecule has 0 unspecified atom stereocenters. The lowest BCUT2D eigenvalue weighted by molar-refractivity contribution is -0.137. The number of halogens is 4. The number of hydrogen-bond donors (Lipinski definition) is 1. The Morgan fingerprint density at radius 3 is 2.35 bits per heavy atom. The number of alkyl halides is 3. The van der Waals surface area contributed by atoms with E-state index in [9.17, 15) is 22.4 Å². The molecule has 3 rings (SSSR count). The summed E-state index contributed by atoms with van der Waals surface area (Å²) < 4.78 is 59.7. The normalized spacial score (nSPS) is 11.5. The maximum absolute atomic E-state index is 13.6. The Morgan fingerprint density at radius 1 is 1.06 bits per heavy atom. The van der Waals surface area contributed by atoms with E-state index in [1.165, 1.54) is 29.6 Å². The highest BCUT2D eigenvalue weighted by Gasteiger charge is 2.36. The van der Waals surface area contributed by atoms with Crippen LogP contribution in [0.5, 0.6) is 5.75 Å². The van der Waals surface area contributed by atoms with E-state index in [0.717, 1.165) is 16.7 Å². The van der Waals surface area contributed by atoms with Gasteiger partial charge < -0.3 is 9.84 Å². The van der Waals surface area contributed by atoms with Gasteiger partial charge in [-0.2, -0.15) is 13.2 Å². The molecule has 1 heterocycles. The van der Waals surface area contributed by atoms with Crippen LogP contribution in [0.15, 0.2) is 41.8 Å². The largest absolute Gasteiger partial charge is 0.489 e. The van der Waals surface area contributed by atoms with Crippen LogP contribution in [0, 0.1) is 19.7 Å². The minimum absolute atomic E-state index is 0.00360. The van der Waals surface area contributed by atoms with E-state index in [1.54, 1.807) is 19.1 Å². The minimum atomic E-state index is -4.53. The zero-order chi connectivity index (χ0) is 22.8. The molecular formula is C23H20F4O3S. The number of carboxylic acids is 1. The van der Waals surface area contributed by atoms with Crippen molar-refractivity contribution >= 4 is 17.3 Å². The second kappa shape index (κ2) is 9.09. The maximum Gasteiger partial charge on any atom is 0.426 e. The Labute approximate surface area is 180 Å². The molecule has 0 fully saturated rings. The molecule has 3 aromatic rings. The Balaban J connectivity index is 1.90. The van der Waals surface area contributed by atoms with Gasteiger partial charge in [-0.15, -0.1) is 11.3 Å². The number of carbonyl (C=O) groups is 1. The third-order valence-corrected chi connectivity index (χ3v) is 6.20. The van der Waals surface area contributed by atoms with Crippen molar-refractivity contribution < 1.29 is 32.2 Å². The monoisotopic (exact) mass is 452 g/mol. The molecule has 1 N–H and O–H groups in total. The summed E-state index contributed by atoms with van der Waals surface area (Å²) in [6, 6.07) is 8.67. The molecule has 0 aliphatic carbocycles. The summed E-state index contributed by atoms with van der Waals surface area (Å²) in [5.41, 5.74) is 3.27. The third kappa shape index (κ3) is 5.25. The predicted molar refractivity (Wildman–Crippen MR) is 111 cm³/mol. The molecule has 0 atom stereocenters. The van der Waals surface area contributed by atoms with Gasteiger partial charge in [0.15, 0.2) is 0 Å². The highest BCUT2D eigenvalue weighted by molar-refractivity contribution is 7.10. The predicted octanol–water partition coefficient (Wildman–Crippen LogP) is 6.79. The Hall–Kier alpha value is -2.87. The van der Waals surface area contributed by atoms with Crippen LogP contribution in [0.4, 0.5) is 17.6 Å². The SMILES string of the molecule is Cc1c(CCC(=O)O)ccc(OCc2c(-c3ccc(F)cc3)csc2C(F)(F)F)c1C. The van der Waals surface area contributed by atoms with E-state index in [0.29, 0.717) is 34.6 Å². The topological polar surface area (TPSA) is 46.5 Å². The van der Waals surface area contributed by atoms with Gasteiger partial charge in [0.05, 0.1) is 0 Å². The first kappa shape index (κ1) is 22.8. The van der Waals surface area contributed by atoms with Gasteiger partial charge in [0, 0.05) is 12.0 Å². The first-order chi connectivity index (χ1) is 14.6. The molecule has 0 aliphatic heterocycles. The minimum Gasteiger partial charge on any atom is -0.489 e. The highest BCUT2D eigenvalue weighted by Crippen LogP contribution is 2.42. The van der Waals surface area contributed by atoms with E-state index >= 15 is 0 Å². The molecule has 0 saturated carbocycles. The summed E-state index contributed by atoms with van der Waals surface area (Å²) in [6.45, 7) is 3.31. The average molecular weight is 452 g/mol. The average Bonchev–Trinajstić information content (AvgIpc) is 3.13. The van der Waals surface area contributed by atoms with Gasteiger partial charge in [0.25, 0.3) is 0 Å². The lowest BCUT2D eigenvalue weighted by atomic mass is 9.98. The summed E-state index contributed by atoms with van der Waals surface area (Å²) in [5.74, 6) is -0.939. The standard InChI is InChI=1S/C23H20F4O3S/c1-13-14(2)20(9-5-15(13)6-10-21(28)29)30-11-18-19(12-31-22(18)23(25,26)27)16-3-7-17(24)8-4-16/h3-5,7-9,12H,6,10-11H2,1-2H3,(H,28,29). The van der Waals surface area contributed by atoms with Gasteiger partial charge in [0.2, 0.25) is 0 Å². The van der Waals surface area contributed by atoms with Crippen molar-refractivity contribution in [3.8, 4) is 16.9 Å². The van der Waals surface area contributed by atoms with Crippen LogP contribution in [-0.4, -0.2) is 11.1 Å². The van der Waals surface area contributed by atoms with Crippen LogP contribution in [0.3, 0.4) is 0 Å². The van der Waals surface area contributed by atoms with Crippen molar-refractivity contribution in [1.29, 1.82) is 0 Å². The molecule has 3 nitrogen and oxygen atoms in total. The molecule has 0 saturated heterocycles. The summed E-state index contributed by atoms with van der Waals surface area (Å²) in [6.07, 6.45) is -4.18. The molecule has 0 bridgehead atoms. The molecule has 0 radical (unpaired) electrons. The number of ether oxygens (including phenoxy) is 1. The third-order valence-electron chi connectivity index (χ3n) is 5.14. The Kier molecular flexibility index (Phi) is 6.69. The number of benzene rings is 2. The van der Waals surface area contributed by atoms with Crippen molar-refractivity contribution in [3.05, 3.63) is 74.7 Å². The number of thiophene rings is 1. The fourth-order valence-electron chi connectivity index (χ4n) is 3.31. The fourth-order valence-corrected chi connectivity index (χ4v) is 4.26. The van der Waals surface area contributed by atoms with Gasteiger partial charge in [0.1, 0.15) is 23.1 Å². The summed E-state index contributed by atoms with van der Waals surface area (Å²) in [5, 5.41) is 10.3. The van der Waals surface area contributed by atoms with Crippen LogP contribution in [0.25, 0.3) is 11.1 Å². The number of aliphatic carboxylic acids is 1. The van der Waals surface area contributed by atoms with E-state index in [4.69, 9.17) is 9.84 Å². The van der Waals surface area contributed by atoms with Crippen LogP contribution < -0.4 is 4.74 Å². The van der Waals surface area contributed by atoms with Crippen LogP contribution >= 0.6 is 11.3 Å². The summed E-state index contributed by atoms with van der Waals surface area (Å²) in [7, 11) is 0. The Morgan fingerprint density at radius 2 is 1.74 bits per heavy atom. The number of rotatable bonds is 7. The second-order valence-corrected chi connectivity index (χ2v) is 8.00. The van der Waals surface area contributed by atoms with E-state index in [2.05, 4.69) is 0 Å². The van der Waals surface area contributed by atoms with Crippen molar-refractivity contribution in [2.24, 2.45) is 0 Å². The highest BCUT2D eigenvalue weighted by atomic mass is 32.1. The Bertz CT molecular complexity index is 1090. The van der Waals surface area contributed by atoms with E-state index in [1.807, 2.05) is 6.92 Å². The molecule has 1 aromatic heterocycles. The lowest BCUT2D eigenvalue weighted by Crippen LogP contribution is -2.09. The van der Waals surface area contributed by atoms with Crippen LogP contribution in [-0.2, 0) is 24.0 Å². The number of carboxylic acid groups (broad SMARTS) is 1. The van der Waals surface area contributed by atoms with Gasteiger partial charge in [-0.05, 0) is 71.7 Å². The molecule has 0 spiro atoms. The van der Waals surface area contributed by atoms with Crippen molar-refractivity contribution in [2.45, 2.75) is 39.5 Å². The van der Waals surface area contributed by atoms with Gasteiger partial charge in [-0.3, -0.25) is 4.79 Å². The van der Waals surface area contributed by atoms with Gasteiger partial charge >= 0.3 is 12.1 Å². The number of aryl methyl sites for hydroxylation is 1.